The highest BCUT2D eigenvalue weighted by Crippen LogP contribution is 2.22. The Morgan fingerprint density at radius 3 is 2.29 bits per heavy atom. The monoisotopic (exact) mass is 457 g/mol. The molecule has 1 amide bonds. The number of hydrogen-bond acceptors (Lipinski definition) is 4. The van der Waals surface area contributed by atoms with Crippen LogP contribution in [0.1, 0.15) is 44.1 Å². The van der Waals surface area contributed by atoms with Gasteiger partial charge in [-0.15, -0.1) is 0 Å². The molecule has 0 saturated carbocycles. The molecule has 0 aliphatic heterocycles. The molecule has 0 bridgehead atoms. The highest BCUT2D eigenvalue weighted by molar-refractivity contribution is 5.79. The Kier molecular flexibility index (Phi) is 7.48. The van der Waals surface area contributed by atoms with Gasteiger partial charge >= 0.3 is 0 Å². The summed E-state index contributed by atoms with van der Waals surface area (Å²) in [6.07, 6.45) is 0. The Bertz CT molecular complexity index is 1220. The SMILES string of the molecule is CC(C)c1ccc(OCCn2c(C(C)NC(=O)COc3ccccc3)nc3ccccc32)cc1. The maximum atomic E-state index is 12.5. The summed E-state index contributed by atoms with van der Waals surface area (Å²) in [5.41, 5.74) is 3.19. The average molecular weight is 458 g/mol. The van der Waals surface area contributed by atoms with E-state index in [-0.39, 0.29) is 18.6 Å². The molecule has 0 spiro atoms. The Morgan fingerprint density at radius 1 is 0.882 bits per heavy atom. The van der Waals surface area contributed by atoms with Crippen LogP contribution in [0.5, 0.6) is 11.5 Å². The van der Waals surface area contributed by atoms with Crippen molar-refractivity contribution in [2.75, 3.05) is 13.2 Å². The third-order valence-electron chi connectivity index (χ3n) is 5.69. The highest BCUT2D eigenvalue weighted by atomic mass is 16.5. The number of carbonyl (C=O) groups is 1. The second-order valence-electron chi connectivity index (χ2n) is 8.57. The minimum absolute atomic E-state index is 0.0515. The summed E-state index contributed by atoms with van der Waals surface area (Å²) in [5.74, 6) is 2.58. The topological polar surface area (TPSA) is 65.4 Å². The van der Waals surface area contributed by atoms with Crippen molar-refractivity contribution in [3.8, 4) is 11.5 Å². The first-order valence-corrected chi connectivity index (χ1v) is 11.7. The second-order valence-corrected chi connectivity index (χ2v) is 8.57. The summed E-state index contributed by atoms with van der Waals surface area (Å²) < 4.78 is 13.7. The molecular weight excluding hydrogens is 426 g/mol. The molecule has 0 radical (unpaired) electrons. The molecule has 6 nitrogen and oxygen atoms in total. The van der Waals surface area contributed by atoms with Gasteiger partial charge in [-0.1, -0.05) is 56.3 Å². The fraction of sp³-hybridized carbons (Fsp3) is 0.286. The maximum Gasteiger partial charge on any atom is 0.258 e. The van der Waals surface area contributed by atoms with Gasteiger partial charge in [0.15, 0.2) is 6.61 Å². The van der Waals surface area contributed by atoms with Crippen LogP contribution in [0.4, 0.5) is 0 Å². The first kappa shape index (κ1) is 23.4. The molecule has 1 atom stereocenters. The number of aromatic nitrogens is 2. The van der Waals surface area contributed by atoms with E-state index in [1.807, 2.05) is 73.7 Å². The van der Waals surface area contributed by atoms with Crippen LogP contribution in [0, 0.1) is 0 Å². The number of hydrogen-bond donors (Lipinski definition) is 1. The van der Waals surface area contributed by atoms with Gasteiger partial charge < -0.3 is 19.4 Å². The Morgan fingerprint density at radius 2 is 1.56 bits per heavy atom. The minimum Gasteiger partial charge on any atom is -0.492 e. The zero-order chi connectivity index (χ0) is 23.9. The van der Waals surface area contributed by atoms with Gasteiger partial charge in [-0.2, -0.15) is 0 Å². The van der Waals surface area contributed by atoms with E-state index >= 15 is 0 Å². The van der Waals surface area contributed by atoms with Crippen molar-refractivity contribution >= 4 is 16.9 Å². The van der Waals surface area contributed by atoms with Crippen molar-refractivity contribution in [2.24, 2.45) is 0 Å². The van der Waals surface area contributed by atoms with Crippen molar-refractivity contribution in [1.29, 1.82) is 0 Å². The van der Waals surface area contributed by atoms with E-state index in [1.165, 1.54) is 5.56 Å². The predicted molar refractivity (Wildman–Crippen MR) is 134 cm³/mol. The molecule has 0 aliphatic rings. The molecule has 3 aromatic carbocycles. The van der Waals surface area contributed by atoms with Gasteiger partial charge in [-0.25, -0.2) is 4.98 Å². The number of carbonyl (C=O) groups excluding carboxylic acids is 1. The summed E-state index contributed by atoms with van der Waals surface area (Å²) in [6.45, 7) is 7.34. The van der Waals surface area contributed by atoms with Gasteiger partial charge in [0.2, 0.25) is 0 Å². The number of imidazole rings is 1. The summed E-state index contributed by atoms with van der Waals surface area (Å²) in [4.78, 5) is 17.3. The van der Waals surface area contributed by atoms with Crippen LogP contribution < -0.4 is 14.8 Å². The van der Waals surface area contributed by atoms with Crippen molar-refractivity contribution in [3.05, 3.63) is 90.3 Å². The van der Waals surface area contributed by atoms with Gasteiger partial charge in [0.25, 0.3) is 5.91 Å². The van der Waals surface area contributed by atoms with E-state index in [1.54, 1.807) is 0 Å². The van der Waals surface area contributed by atoms with Gasteiger partial charge in [0.1, 0.15) is 23.9 Å². The van der Waals surface area contributed by atoms with Crippen LogP contribution in [0.25, 0.3) is 11.0 Å². The molecular formula is C28H31N3O3. The molecule has 4 rings (SSSR count). The van der Waals surface area contributed by atoms with Crippen LogP contribution in [0.3, 0.4) is 0 Å². The van der Waals surface area contributed by atoms with E-state index in [9.17, 15) is 4.79 Å². The number of rotatable bonds is 10. The molecule has 176 valence electrons. The first-order chi connectivity index (χ1) is 16.5. The molecule has 1 N–H and O–H groups in total. The fourth-order valence-corrected chi connectivity index (χ4v) is 3.88. The van der Waals surface area contributed by atoms with Crippen LogP contribution in [-0.4, -0.2) is 28.7 Å². The Hall–Kier alpha value is -3.80. The van der Waals surface area contributed by atoms with Crippen LogP contribution >= 0.6 is 0 Å². The summed E-state index contributed by atoms with van der Waals surface area (Å²) in [6, 6.07) is 25.2. The summed E-state index contributed by atoms with van der Waals surface area (Å²) >= 11 is 0. The number of ether oxygens (including phenoxy) is 2. The van der Waals surface area contributed by atoms with Crippen molar-refractivity contribution in [2.45, 2.75) is 39.3 Å². The summed E-state index contributed by atoms with van der Waals surface area (Å²) in [5, 5.41) is 3.00. The second kappa shape index (κ2) is 10.9. The molecule has 0 saturated heterocycles. The lowest BCUT2D eigenvalue weighted by Gasteiger charge is -2.17. The molecule has 6 heteroatoms. The van der Waals surface area contributed by atoms with Crippen molar-refractivity contribution in [1.82, 2.24) is 14.9 Å². The zero-order valence-electron chi connectivity index (χ0n) is 19.9. The number of nitrogens with zero attached hydrogens (tertiary/aromatic N) is 2. The van der Waals surface area contributed by atoms with Gasteiger partial charge in [0, 0.05) is 0 Å². The number of benzene rings is 3. The largest absolute Gasteiger partial charge is 0.492 e. The maximum absolute atomic E-state index is 12.5. The van der Waals surface area contributed by atoms with Gasteiger partial charge in [-0.3, -0.25) is 4.79 Å². The lowest BCUT2D eigenvalue weighted by atomic mass is 10.0. The van der Waals surface area contributed by atoms with E-state index in [2.05, 4.69) is 35.9 Å². The minimum atomic E-state index is -0.287. The Balaban J connectivity index is 1.42. The Labute approximate surface area is 200 Å². The number of para-hydroxylation sites is 3. The van der Waals surface area contributed by atoms with E-state index in [0.29, 0.717) is 24.8 Å². The normalized spacial score (nSPS) is 12.0. The predicted octanol–water partition coefficient (Wildman–Crippen LogP) is 5.49. The lowest BCUT2D eigenvalue weighted by Crippen LogP contribution is -2.33. The van der Waals surface area contributed by atoms with Gasteiger partial charge in [0.05, 0.1) is 23.6 Å². The highest BCUT2D eigenvalue weighted by Gasteiger charge is 2.18. The molecule has 4 aromatic rings. The standard InChI is InChI=1S/C28H31N3O3/c1-20(2)22-13-15-24(16-14-22)33-18-17-31-26-12-8-7-11-25(26)30-28(31)21(3)29-27(32)19-34-23-9-5-4-6-10-23/h4-16,20-21H,17-19H2,1-3H3,(H,29,32). The zero-order valence-corrected chi connectivity index (χ0v) is 19.9. The number of fused-ring (bicyclic) bond motifs is 1. The van der Waals surface area contributed by atoms with Crippen LogP contribution in [0.15, 0.2) is 78.9 Å². The van der Waals surface area contributed by atoms with E-state index in [4.69, 9.17) is 14.5 Å². The van der Waals surface area contributed by atoms with Crippen LogP contribution in [-0.2, 0) is 11.3 Å². The lowest BCUT2D eigenvalue weighted by molar-refractivity contribution is -0.123. The summed E-state index contributed by atoms with van der Waals surface area (Å²) in [7, 11) is 0. The van der Waals surface area contributed by atoms with Crippen molar-refractivity contribution in [3.63, 3.8) is 0 Å². The smallest absolute Gasteiger partial charge is 0.258 e. The van der Waals surface area contributed by atoms with Crippen LogP contribution in [0.2, 0.25) is 0 Å². The molecule has 1 heterocycles. The molecule has 34 heavy (non-hydrogen) atoms. The number of amides is 1. The average Bonchev–Trinajstić information content (AvgIpc) is 3.22. The van der Waals surface area contributed by atoms with Crippen molar-refractivity contribution < 1.29 is 14.3 Å². The first-order valence-electron chi connectivity index (χ1n) is 11.7. The third-order valence-corrected chi connectivity index (χ3v) is 5.69. The van der Waals surface area contributed by atoms with E-state index in [0.717, 1.165) is 22.6 Å². The molecule has 0 fully saturated rings. The van der Waals surface area contributed by atoms with E-state index < -0.39 is 0 Å². The fourth-order valence-electron chi connectivity index (χ4n) is 3.88. The molecule has 1 aromatic heterocycles. The number of nitrogens with one attached hydrogen (secondary N) is 1. The molecule has 0 aliphatic carbocycles. The quantitative estimate of drug-likeness (QED) is 0.342. The molecule has 1 unspecified atom stereocenters. The van der Waals surface area contributed by atoms with Gasteiger partial charge in [-0.05, 0) is 54.8 Å². The third kappa shape index (κ3) is 5.76.